The number of sulfonamides is 1. The highest BCUT2D eigenvalue weighted by Gasteiger charge is 2.28. The Bertz CT molecular complexity index is 898. The van der Waals surface area contributed by atoms with Crippen LogP contribution in [0.2, 0.25) is 5.02 Å². The van der Waals surface area contributed by atoms with Crippen molar-refractivity contribution < 1.29 is 13.2 Å². The standard InChI is InChI=1S/C16H14BrClN2O3S/c17-11-4-7-15(14(18)9-11)19-16(21)10-2-1-3-13(8-10)24(22,23)20-12-5-6-12/h1-4,7-9,12,20H,5-6H2,(H,19,21). The van der Waals surface area contributed by atoms with Crippen molar-refractivity contribution in [3.05, 3.63) is 57.5 Å². The van der Waals surface area contributed by atoms with Crippen molar-refractivity contribution >= 4 is 49.1 Å². The molecular weight excluding hydrogens is 416 g/mol. The molecule has 3 rings (SSSR count). The molecule has 0 bridgehead atoms. The minimum Gasteiger partial charge on any atom is -0.321 e. The Morgan fingerprint density at radius 1 is 1.17 bits per heavy atom. The number of amides is 1. The number of nitrogens with one attached hydrogen (secondary N) is 2. The van der Waals surface area contributed by atoms with Gasteiger partial charge in [-0.3, -0.25) is 4.79 Å². The Hall–Kier alpha value is -1.41. The second kappa shape index (κ2) is 6.84. The van der Waals surface area contributed by atoms with Gasteiger partial charge in [0.25, 0.3) is 5.91 Å². The summed E-state index contributed by atoms with van der Waals surface area (Å²) in [5.74, 6) is -0.428. The highest BCUT2D eigenvalue weighted by atomic mass is 79.9. The van der Waals surface area contributed by atoms with Crippen molar-refractivity contribution in [1.82, 2.24) is 4.72 Å². The van der Waals surface area contributed by atoms with E-state index in [4.69, 9.17) is 11.6 Å². The maximum atomic E-state index is 12.4. The minimum absolute atomic E-state index is 0.00838. The van der Waals surface area contributed by atoms with Gasteiger partial charge in [0.1, 0.15) is 0 Å². The van der Waals surface area contributed by atoms with E-state index in [-0.39, 0.29) is 16.5 Å². The number of anilines is 1. The first-order valence-electron chi connectivity index (χ1n) is 7.24. The summed E-state index contributed by atoms with van der Waals surface area (Å²) in [5.41, 5.74) is 0.696. The second-order valence-corrected chi connectivity index (χ2v) is 8.54. The van der Waals surface area contributed by atoms with Gasteiger partial charge in [-0.25, -0.2) is 13.1 Å². The molecule has 0 atom stereocenters. The lowest BCUT2D eigenvalue weighted by Gasteiger charge is -2.09. The molecule has 2 aromatic carbocycles. The van der Waals surface area contributed by atoms with Crippen LogP contribution in [0.1, 0.15) is 23.2 Å². The predicted molar refractivity (Wildman–Crippen MR) is 96.9 cm³/mol. The molecule has 0 aromatic heterocycles. The molecule has 0 saturated heterocycles. The van der Waals surface area contributed by atoms with Gasteiger partial charge in [0.15, 0.2) is 0 Å². The molecule has 1 aliphatic carbocycles. The van der Waals surface area contributed by atoms with Crippen LogP contribution < -0.4 is 10.0 Å². The number of benzene rings is 2. The van der Waals surface area contributed by atoms with E-state index >= 15 is 0 Å². The maximum Gasteiger partial charge on any atom is 0.255 e. The Labute approximate surface area is 153 Å². The summed E-state index contributed by atoms with van der Waals surface area (Å²) in [6.45, 7) is 0. The second-order valence-electron chi connectivity index (χ2n) is 5.50. The number of hydrogen-bond acceptors (Lipinski definition) is 3. The Balaban J connectivity index is 1.81. The van der Waals surface area contributed by atoms with E-state index < -0.39 is 15.9 Å². The summed E-state index contributed by atoms with van der Waals surface area (Å²) in [4.78, 5) is 12.4. The zero-order chi connectivity index (χ0) is 17.3. The fourth-order valence-electron chi connectivity index (χ4n) is 2.08. The first-order valence-corrected chi connectivity index (χ1v) is 9.89. The highest BCUT2D eigenvalue weighted by molar-refractivity contribution is 9.10. The van der Waals surface area contributed by atoms with Crippen LogP contribution in [0.5, 0.6) is 0 Å². The van der Waals surface area contributed by atoms with Gasteiger partial charge >= 0.3 is 0 Å². The molecule has 1 saturated carbocycles. The molecule has 0 heterocycles. The van der Waals surface area contributed by atoms with Crippen LogP contribution in [0.3, 0.4) is 0 Å². The van der Waals surface area contributed by atoms with Crippen LogP contribution >= 0.6 is 27.5 Å². The van der Waals surface area contributed by atoms with E-state index in [0.717, 1.165) is 17.3 Å². The fraction of sp³-hybridized carbons (Fsp3) is 0.188. The van der Waals surface area contributed by atoms with Crippen molar-refractivity contribution in [2.75, 3.05) is 5.32 Å². The molecular formula is C16H14BrClN2O3S. The zero-order valence-electron chi connectivity index (χ0n) is 12.4. The van der Waals surface area contributed by atoms with Gasteiger partial charge < -0.3 is 5.32 Å². The average Bonchev–Trinajstić information content (AvgIpc) is 3.33. The van der Waals surface area contributed by atoms with Gasteiger partial charge in [-0.1, -0.05) is 33.6 Å². The number of carbonyl (C=O) groups is 1. The molecule has 2 N–H and O–H groups in total. The van der Waals surface area contributed by atoms with Crippen LogP contribution in [-0.2, 0) is 10.0 Å². The van der Waals surface area contributed by atoms with Crippen molar-refractivity contribution in [3.63, 3.8) is 0 Å². The average molecular weight is 430 g/mol. The smallest absolute Gasteiger partial charge is 0.255 e. The Morgan fingerprint density at radius 2 is 1.92 bits per heavy atom. The van der Waals surface area contributed by atoms with E-state index in [1.165, 1.54) is 12.1 Å². The molecule has 0 unspecified atom stereocenters. The van der Waals surface area contributed by atoms with Crippen molar-refractivity contribution in [2.45, 2.75) is 23.8 Å². The van der Waals surface area contributed by atoms with Crippen molar-refractivity contribution in [2.24, 2.45) is 0 Å². The van der Waals surface area contributed by atoms with Crippen molar-refractivity contribution in [1.29, 1.82) is 0 Å². The quantitative estimate of drug-likeness (QED) is 0.759. The molecule has 0 spiro atoms. The van der Waals surface area contributed by atoms with Gasteiger partial charge in [-0.05, 0) is 49.2 Å². The van der Waals surface area contributed by atoms with E-state index in [0.29, 0.717) is 10.7 Å². The highest BCUT2D eigenvalue weighted by Crippen LogP contribution is 2.26. The lowest BCUT2D eigenvalue weighted by atomic mass is 10.2. The van der Waals surface area contributed by atoms with Gasteiger partial charge in [0.05, 0.1) is 15.6 Å². The number of hydrogen-bond donors (Lipinski definition) is 2. The monoisotopic (exact) mass is 428 g/mol. The van der Waals surface area contributed by atoms with E-state index in [1.54, 1.807) is 30.3 Å². The molecule has 0 radical (unpaired) electrons. The lowest BCUT2D eigenvalue weighted by molar-refractivity contribution is 0.102. The molecule has 1 amide bonds. The molecule has 1 aliphatic rings. The Morgan fingerprint density at radius 3 is 2.58 bits per heavy atom. The normalized spacial score (nSPS) is 14.4. The van der Waals surface area contributed by atoms with Crippen LogP contribution in [-0.4, -0.2) is 20.4 Å². The topological polar surface area (TPSA) is 75.3 Å². The van der Waals surface area contributed by atoms with Crippen LogP contribution in [0, 0.1) is 0 Å². The molecule has 1 fully saturated rings. The van der Waals surface area contributed by atoms with Gasteiger partial charge in [0, 0.05) is 16.1 Å². The lowest BCUT2D eigenvalue weighted by Crippen LogP contribution is -2.26. The summed E-state index contributed by atoms with van der Waals surface area (Å²) >= 11 is 9.37. The van der Waals surface area contributed by atoms with E-state index in [2.05, 4.69) is 26.0 Å². The molecule has 5 nitrogen and oxygen atoms in total. The third kappa shape index (κ3) is 4.16. The number of carbonyl (C=O) groups excluding carboxylic acids is 1. The summed E-state index contributed by atoms with van der Waals surface area (Å²) < 4.78 is 27.9. The zero-order valence-corrected chi connectivity index (χ0v) is 15.6. The van der Waals surface area contributed by atoms with E-state index in [9.17, 15) is 13.2 Å². The molecule has 8 heteroatoms. The summed E-state index contributed by atoms with van der Waals surface area (Å²) in [6.07, 6.45) is 1.70. The molecule has 0 aliphatic heterocycles. The number of rotatable bonds is 5. The largest absolute Gasteiger partial charge is 0.321 e. The van der Waals surface area contributed by atoms with Gasteiger partial charge in [0.2, 0.25) is 10.0 Å². The molecule has 2 aromatic rings. The van der Waals surface area contributed by atoms with Crippen LogP contribution in [0.4, 0.5) is 5.69 Å². The summed E-state index contributed by atoms with van der Waals surface area (Å²) in [5, 5.41) is 3.06. The SMILES string of the molecule is O=C(Nc1ccc(Br)cc1Cl)c1cccc(S(=O)(=O)NC2CC2)c1. The Kier molecular flexibility index (Phi) is 4.96. The third-order valence-electron chi connectivity index (χ3n) is 3.49. The maximum absolute atomic E-state index is 12.4. The van der Waals surface area contributed by atoms with Gasteiger partial charge in [-0.15, -0.1) is 0 Å². The predicted octanol–water partition coefficient (Wildman–Crippen LogP) is 3.80. The third-order valence-corrected chi connectivity index (χ3v) is 5.81. The van der Waals surface area contributed by atoms with Crippen LogP contribution in [0.15, 0.2) is 51.8 Å². The minimum atomic E-state index is -3.60. The molecule has 126 valence electrons. The van der Waals surface area contributed by atoms with E-state index in [1.807, 2.05) is 0 Å². The summed E-state index contributed by atoms with van der Waals surface area (Å²) in [6, 6.07) is 11.0. The number of halogens is 2. The first kappa shape index (κ1) is 17.4. The fourth-order valence-corrected chi connectivity index (χ4v) is 4.15. The van der Waals surface area contributed by atoms with Crippen LogP contribution in [0.25, 0.3) is 0 Å². The molecule has 24 heavy (non-hydrogen) atoms. The summed E-state index contributed by atoms with van der Waals surface area (Å²) in [7, 11) is -3.60. The van der Waals surface area contributed by atoms with Crippen molar-refractivity contribution in [3.8, 4) is 0 Å². The first-order chi connectivity index (χ1) is 11.3. The van der Waals surface area contributed by atoms with Gasteiger partial charge in [-0.2, -0.15) is 0 Å².